The van der Waals surface area contributed by atoms with Crippen molar-refractivity contribution < 1.29 is 4.92 Å². The third-order valence-corrected chi connectivity index (χ3v) is 3.12. The van der Waals surface area contributed by atoms with Crippen LogP contribution in [0.5, 0.6) is 0 Å². The van der Waals surface area contributed by atoms with Gasteiger partial charge in [0.15, 0.2) is 0 Å². The van der Waals surface area contributed by atoms with Gasteiger partial charge >= 0.3 is 0 Å². The first kappa shape index (κ1) is 16.9. The summed E-state index contributed by atoms with van der Waals surface area (Å²) in [5.74, 6) is -0.0688. The van der Waals surface area contributed by atoms with Crippen LogP contribution in [0.4, 0.5) is 11.4 Å². The van der Waals surface area contributed by atoms with Gasteiger partial charge in [0.1, 0.15) is 5.69 Å². The number of hydrogen-bond donors (Lipinski definition) is 1. The zero-order chi connectivity index (χ0) is 15.8. The molecule has 0 saturated heterocycles. The molecule has 6 nitrogen and oxygen atoms in total. The largest absolute Gasteiger partial charge is 0.379 e. The SMILES string of the molecule is CCCNc1c(CN(C)CC(C)C#N)cccc1[N+](=O)[O-]. The fourth-order valence-corrected chi connectivity index (χ4v) is 2.19. The molecule has 21 heavy (non-hydrogen) atoms. The molecule has 0 aromatic heterocycles. The van der Waals surface area contributed by atoms with Crippen LogP contribution in [-0.4, -0.2) is 30.0 Å². The van der Waals surface area contributed by atoms with Crippen LogP contribution >= 0.6 is 0 Å². The van der Waals surface area contributed by atoms with E-state index >= 15 is 0 Å². The summed E-state index contributed by atoms with van der Waals surface area (Å²) in [5.41, 5.74) is 1.56. The van der Waals surface area contributed by atoms with E-state index in [0.717, 1.165) is 12.0 Å². The first-order valence-corrected chi connectivity index (χ1v) is 7.07. The number of nitriles is 1. The second-order valence-corrected chi connectivity index (χ2v) is 5.22. The number of nitrogens with zero attached hydrogens (tertiary/aromatic N) is 3. The maximum atomic E-state index is 11.2. The van der Waals surface area contributed by atoms with E-state index < -0.39 is 0 Å². The summed E-state index contributed by atoms with van der Waals surface area (Å²) in [4.78, 5) is 12.8. The molecule has 1 atom stereocenters. The fraction of sp³-hybridized carbons (Fsp3) is 0.533. The van der Waals surface area contributed by atoms with Gasteiger partial charge < -0.3 is 10.2 Å². The molecule has 0 radical (unpaired) electrons. The topological polar surface area (TPSA) is 82.2 Å². The Morgan fingerprint density at radius 2 is 2.24 bits per heavy atom. The summed E-state index contributed by atoms with van der Waals surface area (Å²) in [6, 6.07) is 7.30. The molecule has 1 rings (SSSR count). The Balaban J connectivity index is 2.97. The molecule has 0 heterocycles. The predicted octanol–water partition coefficient (Wildman–Crippen LogP) is 3.01. The quantitative estimate of drug-likeness (QED) is 0.588. The Kier molecular flexibility index (Phi) is 6.63. The molecule has 1 aromatic rings. The van der Waals surface area contributed by atoms with Crippen molar-refractivity contribution in [2.45, 2.75) is 26.8 Å². The maximum Gasteiger partial charge on any atom is 0.292 e. The highest BCUT2D eigenvalue weighted by Gasteiger charge is 2.18. The minimum atomic E-state index is -0.362. The Bertz CT molecular complexity index is 525. The van der Waals surface area contributed by atoms with Gasteiger partial charge in [-0.15, -0.1) is 0 Å². The molecule has 0 bridgehead atoms. The number of benzene rings is 1. The minimum absolute atomic E-state index is 0.0688. The second-order valence-electron chi connectivity index (χ2n) is 5.22. The monoisotopic (exact) mass is 290 g/mol. The molecule has 0 aliphatic heterocycles. The highest BCUT2D eigenvalue weighted by atomic mass is 16.6. The number of para-hydroxylation sites is 1. The number of rotatable bonds is 8. The molecule has 0 amide bonds. The number of nitro groups is 1. The summed E-state index contributed by atoms with van der Waals surface area (Å²) in [7, 11) is 1.91. The van der Waals surface area contributed by atoms with E-state index in [0.29, 0.717) is 25.3 Å². The smallest absolute Gasteiger partial charge is 0.292 e. The van der Waals surface area contributed by atoms with E-state index in [9.17, 15) is 10.1 Å². The van der Waals surface area contributed by atoms with Crippen molar-refractivity contribution in [1.29, 1.82) is 5.26 Å². The molecule has 0 aliphatic rings. The van der Waals surface area contributed by atoms with Crippen LogP contribution < -0.4 is 5.32 Å². The van der Waals surface area contributed by atoms with Crippen LogP contribution in [0.25, 0.3) is 0 Å². The number of anilines is 1. The highest BCUT2D eigenvalue weighted by Crippen LogP contribution is 2.29. The molecular formula is C15H22N4O2. The zero-order valence-corrected chi connectivity index (χ0v) is 12.8. The second kappa shape index (κ2) is 8.22. The zero-order valence-electron chi connectivity index (χ0n) is 12.8. The Morgan fingerprint density at radius 3 is 2.81 bits per heavy atom. The first-order chi connectivity index (χ1) is 9.99. The summed E-state index contributed by atoms with van der Waals surface area (Å²) in [6.45, 7) is 5.77. The third-order valence-electron chi connectivity index (χ3n) is 3.12. The summed E-state index contributed by atoms with van der Waals surface area (Å²) < 4.78 is 0. The molecular weight excluding hydrogens is 268 g/mol. The number of nitrogens with one attached hydrogen (secondary N) is 1. The van der Waals surface area contributed by atoms with Gasteiger partial charge in [0.2, 0.25) is 0 Å². The van der Waals surface area contributed by atoms with Gasteiger partial charge in [-0.3, -0.25) is 10.1 Å². The van der Waals surface area contributed by atoms with Crippen LogP contribution in [0.2, 0.25) is 0 Å². The van der Waals surface area contributed by atoms with E-state index in [1.165, 1.54) is 6.07 Å². The lowest BCUT2D eigenvalue weighted by Gasteiger charge is -2.20. The molecule has 6 heteroatoms. The lowest BCUT2D eigenvalue weighted by Crippen LogP contribution is -2.24. The van der Waals surface area contributed by atoms with Crippen LogP contribution in [-0.2, 0) is 6.54 Å². The predicted molar refractivity (Wildman–Crippen MR) is 83.0 cm³/mol. The molecule has 0 fully saturated rings. The lowest BCUT2D eigenvalue weighted by molar-refractivity contribution is -0.384. The van der Waals surface area contributed by atoms with Crippen molar-refractivity contribution in [3.63, 3.8) is 0 Å². The van der Waals surface area contributed by atoms with Gasteiger partial charge in [-0.05, 0) is 26.0 Å². The first-order valence-electron chi connectivity index (χ1n) is 7.07. The van der Waals surface area contributed by atoms with Gasteiger partial charge in [-0.25, -0.2) is 0 Å². The van der Waals surface area contributed by atoms with Gasteiger partial charge in [-0.2, -0.15) is 5.26 Å². The standard InChI is InChI=1S/C15H22N4O2/c1-4-8-17-15-13(6-5-7-14(15)19(20)21)11-18(3)10-12(2)9-16/h5-7,12,17H,4,8,10-11H2,1-3H3. The minimum Gasteiger partial charge on any atom is -0.379 e. The van der Waals surface area contributed by atoms with E-state index in [-0.39, 0.29) is 16.5 Å². The van der Waals surface area contributed by atoms with Crippen molar-refractivity contribution in [1.82, 2.24) is 4.90 Å². The van der Waals surface area contributed by atoms with Crippen LogP contribution in [0.1, 0.15) is 25.8 Å². The van der Waals surface area contributed by atoms with Crippen LogP contribution in [0, 0.1) is 27.4 Å². The van der Waals surface area contributed by atoms with Crippen LogP contribution in [0.15, 0.2) is 18.2 Å². The van der Waals surface area contributed by atoms with Gasteiger partial charge in [0, 0.05) is 25.7 Å². The van der Waals surface area contributed by atoms with E-state index in [1.54, 1.807) is 6.07 Å². The lowest BCUT2D eigenvalue weighted by atomic mass is 10.1. The van der Waals surface area contributed by atoms with Crippen molar-refractivity contribution >= 4 is 11.4 Å². The van der Waals surface area contributed by atoms with Gasteiger partial charge in [-0.1, -0.05) is 19.1 Å². The number of hydrogen-bond acceptors (Lipinski definition) is 5. The van der Waals surface area contributed by atoms with Crippen molar-refractivity contribution in [2.75, 3.05) is 25.5 Å². The highest BCUT2D eigenvalue weighted by molar-refractivity contribution is 5.66. The summed E-state index contributed by atoms with van der Waals surface area (Å²) in [6.07, 6.45) is 0.896. The molecule has 114 valence electrons. The third kappa shape index (κ3) is 5.04. The fourth-order valence-electron chi connectivity index (χ4n) is 2.19. The van der Waals surface area contributed by atoms with E-state index in [4.69, 9.17) is 5.26 Å². The molecule has 0 aliphatic carbocycles. The van der Waals surface area contributed by atoms with Gasteiger partial charge in [0.25, 0.3) is 5.69 Å². The van der Waals surface area contributed by atoms with E-state index in [2.05, 4.69) is 11.4 Å². The number of nitro benzene ring substituents is 1. The van der Waals surface area contributed by atoms with E-state index in [1.807, 2.05) is 31.9 Å². The molecule has 0 spiro atoms. The summed E-state index contributed by atoms with van der Waals surface area (Å²) in [5, 5.41) is 23.2. The Morgan fingerprint density at radius 1 is 1.52 bits per heavy atom. The van der Waals surface area contributed by atoms with Crippen molar-refractivity contribution in [3.05, 3.63) is 33.9 Å². The van der Waals surface area contributed by atoms with Gasteiger partial charge in [0.05, 0.1) is 16.9 Å². The Hall–Kier alpha value is -2.13. The molecule has 1 N–H and O–H groups in total. The average Bonchev–Trinajstić information content (AvgIpc) is 2.45. The maximum absolute atomic E-state index is 11.2. The van der Waals surface area contributed by atoms with Crippen molar-refractivity contribution in [2.24, 2.45) is 5.92 Å². The normalized spacial score (nSPS) is 12.0. The van der Waals surface area contributed by atoms with Crippen molar-refractivity contribution in [3.8, 4) is 6.07 Å². The molecule has 1 unspecified atom stereocenters. The molecule has 1 aromatic carbocycles. The molecule has 0 saturated carbocycles. The summed E-state index contributed by atoms with van der Waals surface area (Å²) >= 11 is 0. The van der Waals surface area contributed by atoms with Crippen LogP contribution in [0.3, 0.4) is 0 Å². The Labute approximate surface area is 125 Å². The average molecular weight is 290 g/mol.